The number of aryl methyl sites for hydroxylation is 2. The number of pyridine rings is 3. The molecule has 1 unspecified atom stereocenters. The van der Waals surface area contributed by atoms with Crippen LogP contribution in [0.3, 0.4) is 0 Å². The Morgan fingerprint density at radius 1 is 0.761 bits per heavy atom. The van der Waals surface area contributed by atoms with E-state index < -0.39 is 5.89 Å². The number of hydrogen-bond acceptors (Lipinski definition) is 4. The summed E-state index contributed by atoms with van der Waals surface area (Å²) in [5.74, 6) is -0.479. The molecule has 4 heterocycles. The molecule has 0 spiro atoms. The molecule has 3 aromatic carbocycles. The zero-order valence-corrected chi connectivity index (χ0v) is 29.2. The molecule has 7 aromatic rings. The zero-order valence-electron chi connectivity index (χ0n) is 27.8. The second kappa shape index (κ2) is 14.8. The SMILES string of the molecule is [2H]C(CC)(c1ccnc(-c2[c-]ccc3c2oc2nc(-c4c(C)cccc4C)ccc23)c1)C(C)C.[Ir].[c-]1ccccc1-c1ccccn1. The maximum atomic E-state index is 9.04. The van der Waals surface area contributed by atoms with E-state index in [9.17, 15) is 0 Å². The van der Waals surface area contributed by atoms with Crippen molar-refractivity contribution in [2.75, 3.05) is 0 Å². The largest absolute Gasteiger partial charge is 0.486 e. The summed E-state index contributed by atoms with van der Waals surface area (Å²) in [5, 5.41) is 1.97. The molecule has 0 saturated carbocycles. The molecular weight excluding hydrogens is 743 g/mol. The predicted molar refractivity (Wildman–Crippen MR) is 185 cm³/mol. The van der Waals surface area contributed by atoms with Crippen molar-refractivity contribution in [1.82, 2.24) is 15.0 Å². The molecule has 0 amide bonds. The summed E-state index contributed by atoms with van der Waals surface area (Å²) >= 11 is 0. The molecule has 4 aromatic heterocycles. The van der Waals surface area contributed by atoms with E-state index in [1.54, 1.807) is 12.4 Å². The van der Waals surface area contributed by atoms with E-state index in [1.807, 2.05) is 66.7 Å². The third kappa shape index (κ3) is 6.87. The van der Waals surface area contributed by atoms with Crippen molar-refractivity contribution >= 4 is 22.1 Å². The van der Waals surface area contributed by atoms with Gasteiger partial charge in [0.15, 0.2) is 0 Å². The molecule has 0 fully saturated rings. The Bertz CT molecular complexity index is 2050. The van der Waals surface area contributed by atoms with Crippen LogP contribution in [0.5, 0.6) is 0 Å². The molecule has 1 atom stereocenters. The van der Waals surface area contributed by atoms with Crippen molar-refractivity contribution in [3.05, 3.63) is 138 Å². The van der Waals surface area contributed by atoms with Crippen molar-refractivity contribution in [2.45, 2.75) is 46.9 Å². The van der Waals surface area contributed by atoms with E-state index >= 15 is 0 Å². The van der Waals surface area contributed by atoms with Crippen molar-refractivity contribution < 1.29 is 25.9 Å². The summed E-state index contributed by atoms with van der Waals surface area (Å²) < 4.78 is 15.4. The van der Waals surface area contributed by atoms with E-state index in [4.69, 9.17) is 10.8 Å². The van der Waals surface area contributed by atoms with Crippen molar-refractivity contribution in [3.8, 4) is 33.8 Å². The van der Waals surface area contributed by atoms with Gasteiger partial charge in [0.1, 0.15) is 0 Å². The molecule has 0 aliphatic heterocycles. The Morgan fingerprint density at radius 2 is 1.54 bits per heavy atom. The molecule has 1 radical (unpaired) electrons. The Labute approximate surface area is 286 Å². The van der Waals surface area contributed by atoms with Crippen LogP contribution in [0.1, 0.15) is 51.1 Å². The van der Waals surface area contributed by atoms with Crippen LogP contribution in [0, 0.1) is 31.9 Å². The maximum absolute atomic E-state index is 9.04. The average molecular weight is 781 g/mol. The van der Waals surface area contributed by atoms with Crippen LogP contribution >= 0.6 is 0 Å². The van der Waals surface area contributed by atoms with Gasteiger partial charge in [-0.2, -0.15) is 0 Å². The Kier molecular flexibility index (Phi) is 10.1. The molecule has 0 aliphatic carbocycles. The van der Waals surface area contributed by atoms with Gasteiger partial charge in [0, 0.05) is 44.8 Å². The van der Waals surface area contributed by atoms with Crippen molar-refractivity contribution in [2.24, 2.45) is 5.92 Å². The molecule has 46 heavy (non-hydrogen) atoms. The van der Waals surface area contributed by atoms with Gasteiger partial charge in [0.2, 0.25) is 5.71 Å². The fourth-order valence-electron chi connectivity index (χ4n) is 5.96. The Balaban J connectivity index is 0.000000280. The first-order valence-corrected chi connectivity index (χ1v) is 15.5. The fraction of sp³-hybridized carbons (Fsp3) is 0.195. The third-order valence-electron chi connectivity index (χ3n) is 8.15. The molecule has 5 heteroatoms. The van der Waals surface area contributed by atoms with E-state index in [-0.39, 0.29) is 26.0 Å². The minimum Gasteiger partial charge on any atom is -0.486 e. The number of aromatic nitrogens is 3. The van der Waals surface area contributed by atoms with Crippen LogP contribution in [-0.4, -0.2) is 15.0 Å². The van der Waals surface area contributed by atoms with Crippen LogP contribution in [0.4, 0.5) is 0 Å². The summed E-state index contributed by atoms with van der Waals surface area (Å²) in [6.07, 6.45) is 4.31. The van der Waals surface area contributed by atoms with E-state index in [1.165, 1.54) is 11.1 Å². The standard InChI is InChI=1S/C30H29N2O.C11H8N.Ir/c1-6-22(18(2)3)21-15-16-31-27(17-21)25-12-8-11-23-24-13-14-26(32-30(24)33-29(23)25)28-19(4)9-7-10-20(28)5;1-2-6-10(7-3-1)11-8-4-5-9-12-11;/h7-11,13-18,22H,6H2,1-5H3;1-6,8-9H;/q2*-1;/i22D;;. The van der Waals surface area contributed by atoms with Gasteiger partial charge < -0.3 is 14.4 Å². The summed E-state index contributed by atoms with van der Waals surface area (Å²) in [5.41, 5.74) is 10.3. The molecule has 0 bridgehead atoms. The van der Waals surface area contributed by atoms with Crippen LogP contribution in [0.15, 0.2) is 114 Å². The predicted octanol–water partition coefficient (Wildman–Crippen LogP) is 10.8. The maximum Gasteiger partial charge on any atom is 0.216 e. The van der Waals surface area contributed by atoms with E-state index in [0.29, 0.717) is 5.71 Å². The fourth-order valence-corrected chi connectivity index (χ4v) is 5.96. The van der Waals surface area contributed by atoms with Gasteiger partial charge in [0.05, 0.1) is 11.3 Å². The van der Waals surface area contributed by atoms with Gasteiger partial charge in [0.25, 0.3) is 0 Å². The van der Waals surface area contributed by atoms with Crippen LogP contribution in [-0.2, 0) is 20.1 Å². The monoisotopic (exact) mass is 781 g/mol. The summed E-state index contributed by atoms with van der Waals surface area (Å²) in [4.78, 5) is 13.7. The number of hydrogen-bond donors (Lipinski definition) is 0. The first kappa shape index (κ1) is 31.5. The third-order valence-corrected chi connectivity index (χ3v) is 8.15. The minimum atomic E-state index is -0.665. The molecule has 233 valence electrons. The smallest absolute Gasteiger partial charge is 0.216 e. The van der Waals surface area contributed by atoms with Gasteiger partial charge >= 0.3 is 0 Å². The first-order chi connectivity index (χ1) is 22.3. The molecular formula is C41H37IrN3O-2. The summed E-state index contributed by atoms with van der Waals surface area (Å²) in [6.45, 7) is 10.5. The molecule has 4 nitrogen and oxygen atoms in total. The average Bonchev–Trinajstić information content (AvgIpc) is 3.47. The normalized spacial score (nSPS) is 12.6. The number of nitrogens with zero attached hydrogens (tertiary/aromatic N) is 3. The number of fused-ring (bicyclic) bond motifs is 3. The molecule has 0 N–H and O–H groups in total. The minimum absolute atomic E-state index is 0. The van der Waals surface area contributed by atoms with E-state index in [2.05, 4.69) is 87.1 Å². The van der Waals surface area contributed by atoms with Gasteiger partial charge in [-0.25, -0.2) is 4.98 Å². The number of benzene rings is 3. The van der Waals surface area contributed by atoms with Crippen molar-refractivity contribution in [1.29, 1.82) is 0 Å². The second-order valence-corrected chi connectivity index (χ2v) is 11.5. The molecule has 7 rings (SSSR count). The van der Waals surface area contributed by atoms with Crippen LogP contribution < -0.4 is 0 Å². The number of furan rings is 1. The van der Waals surface area contributed by atoms with E-state index in [0.717, 1.165) is 62.1 Å². The quantitative estimate of drug-likeness (QED) is 0.158. The Morgan fingerprint density at radius 3 is 2.24 bits per heavy atom. The number of rotatable bonds is 6. The summed E-state index contributed by atoms with van der Waals surface area (Å²) in [6, 6.07) is 38.5. The van der Waals surface area contributed by atoms with Gasteiger partial charge in [-0.1, -0.05) is 73.7 Å². The Hall–Kier alpha value is -4.44. The van der Waals surface area contributed by atoms with Gasteiger partial charge in [-0.15, -0.1) is 54.1 Å². The molecule has 0 aliphatic rings. The van der Waals surface area contributed by atoms with Gasteiger partial charge in [-0.3, -0.25) is 0 Å². The topological polar surface area (TPSA) is 51.8 Å². The zero-order chi connectivity index (χ0) is 32.3. The van der Waals surface area contributed by atoms with Crippen LogP contribution in [0.2, 0.25) is 0 Å². The van der Waals surface area contributed by atoms with Gasteiger partial charge in [-0.05, 0) is 78.9 Å². The second-order valence-electron chi connectivity index (χ2n) is 11.5. The first-order valence-electron chi connectivity index (χ1n) is 16.0. The van der Waals surface area contributed by atoms with Crippen molar-refractivity contribution in [3.63, 3.8) is 0 Å². The van der Waals surface area contributed by atoms with Crippen LogP contribution in [0.25, 0.3) is 55.8 Å². The molecule has 0 saturated heterocycles. The summed E-state index contributed by atoms with van der Waals surface area (Å²) in [7, 11) is 0.